The van der Waals surface area contributed by atoms with E-state index >= 15 is 0 Å². The van der Waals surface area contributed by atoms with E-state index in [0.29, 0.717) is 0 Å². The fraction of sp³-hybridized carbons (Fsp3) is 0.125. The van der Waals surface area contributed by atoms with E-state index in [-0.39, 0.29) is 11.3 Å². The summed E-state index contributed by atoms with van der Waals surface area (Å²) in [7, 11) is 0. The molecule has 0 aliphatic heterocycles. The van der Waals surface area contributed by atoms with Crippen molar-refractivity contribution in [3.05, 3.63) is 33.6 Å². The third-order valence-corrected chi connectivity index (χ3v) is 1.70. The Morgan fingerprint density at radius 3 is 2.67 bits per heavy atom. The minimum Gasteiger partial charge on any atom is -0.410 e. The van der Waals surface area contributed by atoms with Crippen molar-refractivity contribution in [1.82, 2.24) is 0 Å². The Labute approximate surface area is 83.6 Å². The molecule has 80 valence electrons. The maximum atomic E-state index is 12.9. The SMILES string of the molecule is Cc1c(OC(N)=O)cc(F)cc1[N+](=O)[O-]. The van der Waals surface area contributed by atoms with Gasteiger partial charge in [0.2, 0.25) is 0 Å². The van der Waals surface area contributed by atoms with Gasteiger partial charge in [-0.2, -0.15) is 0 Å². The van der Waals surface area contributed by atoms with Crippen molar-refractivity contribution in [1.29, 1.82) is 0 Å². The highest BCUT2D eigenvalue weighted by Crippen LogP contribution is 2.28. The number of primary amides is 1. The summed E-state index contributed by atoms with van der Waals surface area (Å²) >= 11 is 0. The molecule has 6 nitrogen and oxygen atoms in total. The molecule has 1 aromatic rings. The van der Waals surface area contributed by atoms with Crippen LogP contribution >= 0.6 is 0 Å². The second-order valence-corrected chi connectivity index (χ2v) is 2.73. The molecule has 0 heterocycles. The Morgan fingerprint density at radius 1 is 1.60 bits per heavy atom. The van der Waals surface area contributed by atoms with Crippen molar-refractivity contribution >= 4 is 11.8 Å². The van der Waals surface area contributed by atoms with E-state index in [1.165, 1.54) is 6.92 Å². The first-order valence-corrected chi connectivity index (χ1v) is 3.83. The van der Waals surface area contributed by atoms with Gasteiger partial charge in [0, 0.05) is 6.07 Å². The van der Waals surface area contributed by atoms with Gasteiger partial charge in [-0.15, -0.1) is 0 Å². The molecule has 0 bridgehead atoms. The van der Waals surface area contributed by atoms with Gasteiger partial charge in [0.05, 0.1) is 16.6 Å². The van der Waals surface area contributed by atoms with Gasteiger partial charge in [0.1, 0.15) is 11.6 Å². The van der Waals surface area contributed by atoms with E-state index in [0.717, 1.165) is 12.1 Å². The van der Waals surface area contributed by atoms with E-state index in [4.69, 9.17) is 5.73 Å². The Kier molecular flexibility index (Phi) is 2.84. The normalized spacial score (nSPS) is 9.73. The smallest absolute Gasteiger partial charge is 0.409 e. The summed E-state index contributed by atoms with van der Waals surface area (Å²) in [5.74, 6) is -1.13. The molecule has 7 heteroatoms. The standard InChI is InChI=1S/C8H7FN2O4/c1-4-6(11(13)14)2-5(9)3-7(4)15-8(10)12/h2-3H,1H3,(H2,10,12). The Bertz CT molecular complexity index is 433. The number of amides is 1. The van der Waals surface area contributed by atoms with Crippen LogP contribution in [0.1, 0.15) is 5.56 Å². The van der Waals surface area contributed by atoms with Crippen LogP contribution in [-0.2, 0) is 0 Å². The zero-order chi connectivity index (χ0) is 11.6. The molecule has 0 spiro atoms. The topological polar surface area (TPSA) is 95.5 Å². The number of halogens is 1. The van der Waals surface area contributed by atoms with Gasteiger partial charge in [-0.3, -0.25) is 10.1 Å². The van der Waals surface area contributed by atoms with Crippen LogP contribution in [0, 0.1) is 22.9 Å². The maximum absolute atomic E-state index is 12.9. The average molecular weight is 214 g/mol. The predicted octanol–water partition coefficient (Wildman–Crippen LogP) is 1.50. The summed E-state index contributed by atoms with van der Waals surface area (Å²) in [6.45, 7) is 1.33. The van der Waals surface area contributed by atoms with Crippen molar-refractivity contribution in [3.63, 3.8) is 0 Å². The highest BCUT2D eigenvalue weighted by Gasteiger charge is 2.18. The summed E-state index contributed by atoms with van der Waals surface area (Å²) < 4.78 is 17.3. The van der Waals surface area contributed by atoms with E-state index < -0.39 is 22.5 Å². The quantitative estimate of drug-likeness (QED) is 0.595. The minimum atomic E-state index is -1.15. The van der Waals surface area contributed by atoms with Gasteiger partial charge in [-0.1, -0.05) is 0 Å². The van der Waals surface area contributed by atoms with Gasteiger partial charge in [-0.25, -0.2) is 9.18 Å². The second kappa shape index (κ2) is 3.91. The number of rotatable bonds is 2. The van der Waals surface area contributed by atoms with Crippen molar-refractivity contribution in [2.24, 2.45) is 5.73 Å². The lowest BCUT2D eigenvalue weighted by Crippen LogP contribution is -2.17. The van der Waals surface area contributed by atoms with Crippen LogP contribution in [0.3, 0.4) is 0 Å². The Morgan fingerprint density at radius 2 is 2.20 bits per heavy atom. The van der Waals surface area contributed by atoms with Gasteiger partial charge >= 0.3 is 6.09 Å². The molecule has 1 rings (SSSR count). The molecule has 0 aliphatic carbocycles. The van der Waals surface area contributed by atoms with Crippen LogP contribution in [-0.4, -0.2) is 11.0 Å². The van der Waals surface area contributed by atoms with Crippen molar-refractivity contribution in [2.45, 2.75) is 6.92 Å². The van der Waals surface area contributed by atoms with Crippen LogP contribution in [0.4, 0.5) is 14.9 Å². The lowest BCUT2D eigenvalue weighted by molar-refractivity contribution is -0.385. The molecule has 0 radical (unpaired) electrons. The molecule has 1 amide bonds. The molecule has 0 saturated carbocycles. The fourth-order valence-electron chi connectivity index (χ4n) is 1.04. The van der Waals surface area contributed by atoms with Gasteiger partial charge < -0.3 is 10.5 Å². The molecular formula is C8H7FN2O4. The predicted molar refractivity (Wildman–Crippen MR) is 48.0 cm³/mol. The number of nitro groups is 1. The monoisotopic (exact) mass is 214 g/mol. The van der Waals surface area contributed by atoms with Crippen LogP contribution < -0.4 is 10.5 Å². The van der Waals surface area contributed by atoms with Gasteiger partial charge in [0.25, 0.3) is 5.69 Å². The van der Waals surface area contributed by atoms with Crippen molar-refractivity contribution < 1.29 is 18.8 Å². The highest BCUT2D eigenvalue weighted by atomic mass is 19.1. The molecule has 0 fully saturated rings. The largest absolute Gasteiger partial charge is 0.410 e. The Hall–Kier alpha value is -2.18. The lowest BCUT2D eigenvalue weighted by Gasteiger charge is -2.05. The van der Waals surface area contributed by atoms with Crippen LogP contribution in [0.5, 0.6) is 5.75 Å². The third-order valence-electron chi connectivity index (χ3n) is 1.70. The van der Waals surface area contributed by atoms with Crippen molar-refractivity contribution in [2.75, 3.05) is 0 Å². The first kappa shape index (κ1) is 10.9. The molecule has 0 saturated heterocycles. The van der Waals surface area contributed by atoms with Crippen LogP contribution in [0.25, 0.3) is 0 Å². The number of nitrogens with zero attached hydrogens (tertiary/aromatic N) is 1. The first-order valence-electron chi connectivity index (χ1n) is 3.83. The van der Waals surface area contributed by atoms with E-state index in [1.54, 1.807) is 0 Å². The summed E-state index contributed by atoms with van der Waals surface area (Å²) in [6, 6.07) is 1.59. The fourth-order valence-corrected chi connectivity index (χ4v) is 1.04. The number of carbonyl (C=O) groups is 1. The van der Waals surface area contributed by atoms with Crippen molar-refractivity contribution in [3.8, 4) is 5.75 Å². The summed E-state index contributed by atoms with van der Waals surface area (Å²) in [6.07, 6.45) is -1.15. The van der Waals surface area contributed by atoms with Gasteiger partial charge in [0.15, 0.2) is 0 Å². The van der Waals surface area contributed by atoms with E-state index in [1.807, 2.05) is 0 Å². The average Bonchev–Trinajstić information content (AvgIpc) is 2.09. The van der Waals surface area contributed by atoms with E-state index in [2.05, 4.69) is 4.74 Å². The summed E-state index contributed by atoms with van der Waals surface area (Å²) in [5.41, 5.74) is 4.29. The maximum Gasteiger partial charge on any atom is 0.409 e. The molecule has 1 aromatic carbocycles. The third kappa shape index (κ3) is 2.39. The molecule has 0 unspecified atom stereocenters. The number of hydrogen-bond donors (Lipinski definition) is 1. The summed E-state index contributed by atoms with van der Waals surface area (Å²) in [5, 5.41) is 10.5. The number of nitro benzene ring substituents is 1. The molecule has 2 N–H and O–H groups in total. The number of hydrogen-bond acceptors (Lipinski definition) is 4. The minimum absolute atomic E-state index is 0.0419. The molecule has 15 heavy (non-hydrogen) atoms. The molecule has 0 aliphatic rings. The first-order chi connectivity index (χ1) is 6.91. The highest BCUT2D eigenvalue weighted by molar-refractivity contribution is 5.69. The van der Waals surface area contributed by atoms with Gasteiger partial charge in [-0.05, 0) is 6.92 Å². The second-order valence-electron chi connectivity index (χ2n) is 2.73. The number of ether oxygens (including phenoxy) is 1. The van der Waals surface area contributed by atoms with E-state index in [9.17, 15) is 19.3 Å². The molecular weight excluding hydrogens is 207 g/mol. The molecule has 0 atom stereocenters. The zero-order valence-corrected chi connectivity index (χ0v) is 7.69. The Balaban J connectivity index is 3.28. The zero-order valence-electron chi connectivity index (χ0n) is 7.69. The lowest BCUT2D eigenvalue weighted by atomic mass is 10.2. The van der Waals surface area contributed by atoms with Crippen LogP contribution in [0.2, 0.25) is 0 Å². The van der Waals surface area contributed by atoms with Crippen LogP contribution in [0.15, 0.2) is 12.1 Å². The summed E-state index contributed by atoms with van der Waals surface area (Å²) in [4.78, 5) is 20.1. The number of nitrogens with two attached hydrogens (primary N) is 1. The number of benzene rings is 1. The number of carbonyl (C=O) groups excluding carboxylic acids is 1. The molecule has 0 aromatic heterocycles.